The zero-order chi connectivity index (χ0) is 13.0. The van der Waals surface area contributed by atoms with E-state index in [1.807, 2.05) is 31.4 Å². The van der Waals surface area contributed by atoms with E-state index in [0.29, 0.717) is 17.1 Å². The van der Waals surface area contributed by atoms with Crippen LogP contribution in [0.1, 0.15) is 13.8 Å². The molecule has 1 N–H and O–H groups in total. The maximum absolute atomic E-state index is 5.50. The molecule has 0 amide bonds. The Balaban J connectivity index is 2.23. The van der Waals surface area contributed by atoms with Crippen molar-refractivity contribution < 1.29 is 4.74 Å². The highest BCUT2D eigenvalue weighted by Gasteiger charge is 2.09. The number of rotatable bonds is 5. The summed E-state index contributed by atoms with van der Waals surface area (Å²) in [6.45, 7) is 3.88. The van der Waals surface area contributed by atoms with Crippen LogP contribution in [0.4, 0.5) is 5.95 Å². The molecule has 0 saturated heterocycles. The van der Waals surface area contributed by atoms with Crippen LogP contribution < -0.4 is 10.1 Å². The SMILES string of the molecule is CNc1nc(OC(C)C)nc(Sc2cccs2)n1. The highest BCUT2D eigenvalue weighted by Crippen LogP contribution is 2.29. The third-order valence-electron chi connectivity index (χ3n) is 1.85. The van der Waals surface area contributed by atoms with E-state index in [1.165, 1.54) is 11.8 Å². The lowest BCUT2D eigenvalue weighted by atomic mass is 10.5. The van der Waals surface area contributed by atoms with Gasteiger partial charge in [0.2, 0.25) is 11.1 Å². The molecule has 2 heterocycles. The van der Waals surface area contributed by atoms with E-state index in [1.54, 1.807) is 18.4 Å². The minimum Gasteiger partial charge on any atom is -0.461 e. The van der Waals surface area contributed by atoms with Crippen molar-refractivity contribution in [1.29, 1.82) is 0 Å². The largest absolute Gasteiger partial charge is 0.461 e. The average molecular weight is 282 g/mol. The summed E-state index contributed by atoms with van der Waals surface area (Å²) >= 11 is 3.15. The molecule has 2 aromatic heterocycles. The highest BCUT2D eigenvalue weighted by atomic mass is 32.2. The predicted molar refractivity (Wildman–Crippen MR) is 73.6 cm³/mol. The van der Waals surface area contributed by atoms with E-state index in [-0.39, 0.29) is 6.10 Å². The number of nitrogens with one attached hydrogen (secondary N) is 1. The molecule has 0 aliphatic carbocycles. The summed E-state index contributed by atoms with van der Waals surface area (Å²) in [4.78, 5) is 12.7. The Morgan fingerprint density at radius 1 is 1.33 bits per heavy atom. The molecule has 96 valence electrons. The van der Waals surface area contributed by atoms with Gasteiger partial charge in [-0.25, -0.2) is 0 Å². The molecule has 0 fully saturated rings. The van der Waals surface area contributed by atoms with Gasteiger partial charge < -0.3 is 10.1 Å². The second kappa shape index (κ2) is 6.01. The van der Waals surface area contributed by atoms with E-state index in [4.69, 9.17) is 4.74 Å². The average Bonchev–Trinajstić information content (AvgIpc) is 2.80. The van der Waals surface area contributed by atoms with Gasteiger partial charge in [-0.15, -0.1) is 11.3 Å². The monoisotopic (exact) mass is 282 g/mol. The molecule has 0 aromatic carbocycles. The quantitative estimate of drug-likeness (QED) is 0.910. The van der Waals surface area contributed by atoms with Crippen LogP contribution >= 0.6 is 23.1 Å². The standard InChI is InChI=1S/C11H14N4OS2/c1-7(2)16-10-13-9(12-3)14-11(15-10)18-8-5-4-6-17-8/h4-7H,1-3H3,(H,12,13,14,15). The minimum absolute atomic E-state index is 0.0386. The van der Waals surface area contributed by atoms with Gasteiger partial charge in [-0.3, -0.25) is 0 Å². The first kappa shape index (κ1) is 13.1. The molecule has 2 rings (SSSR count). The van der Waals surface area contributed by atoms with Crippen LogP contribution in [0.2, 0.25) is 0 Å². The summed E-state index contributed by atoms with van der Waals surface area (Å²) in [6, 6.07) is 4.38. The Bertz CT molecular complexity index is 502. The summed E-state index contributed by atoms with van der Waals surface area (Å²) in [6.07, 6.45) is 0.0386. The Labute approximate surface area is 114 Å². The van der Waals surface area contributed by atoms with Gasteiger partial charge in [0, 0.05) is 7.05 Å². The number of hydrogen-bond acceptors (Lipinski definition) is 7. The lowest BCUT2D eigenvalue weighted by Gasteiger charge is -2.09. The van der Waals surface area contributed by atoms with Crippen LogP contribution in [0, 0.1) is 0 Å². The van der Waals surface area contributed by atoms with Crippen molar-refractivity contribution in [2.24, 2.45) is 0 Å². The molecule has 18 heavy (non-hydrogen) atoms. The maximum Gasteiger partial charge on any atom is 0.322 e. The molecule has 0 aliphatic heterocycles. The first-order valence-corrected chi connectivity index (χ1v) is 7.19. The van der Waals surface area contributed by atoms with Crippen LogP contribution in [-0.2, 0) is 0 Å². The fraction of sp³-hybridized carbons (Fsp3) is 0.364. The molecule has 5 nitrogen and oxygen atoms in total. The molecule has 0 saturated carbocycles. The summed E-state index contributed by atoms with van der Waals surface area (Å²) in [5.41, 5.74) is 0. The molecular weight excluding hydrogens is 268 g/mol. The van der Waals surface area contributed by atoms with Gasteiger partial charge in [0.25, 0.3) is 0 Å². The van der Waals surface area contributed by atoms with Crippen molar-refractivity contribution in [3.63, 3.8) is 0 Å². The van der Waals surface area contributed by atoms with E-state index in [0.717, 1.165) is 4.21 Å². The van der Waals surface area contributed by atoms with Crippen LogP contribution in [0.5, 0.6) is 6.01 Å². The fourth-order valence-corrected chi connectivity index (χ4v) is 2.78. The zero-order valence-electron chi connectivity index (χ0n) is 10.4. The number of ether oxygens (including phenoxy) is 1. The molecule has 0 unspecified atom stereocenters. The number of hydrogen-bond donors (Lipinski definition) is 1. The van der Waals surface area contributed by atoms with Crippen LogP contribution in [0.3, 0.4) is 0 Å². The van der Waals surface area contributed by atoms with Crippen molar-refractivity contribution in [2.45, 2.75) is 29.3 Å². The van der Waals surface area contributed by atoms with Gasteiger partial charge in [0.1, 0.15) is 0 Å². The molecule has 0 aliphatic rings. The first-order chi connectivity index (χ1) is 8.67. The van der Waals surface area contributed by atoms with Gasteiger partial charge in [-0.2, -0.15) is 15.0 Å². The Morgan fingerprint density at radius 3 is 2.78 bits per heavy atom. The van der Waals surface area contributed by atoms with E-state index in [2.05, 4.69) is 20.3 Å². The lowest BCUT2D eigenvalue weighted by molar-refractivity contribution is 0.219. The first-order valence-electron chi connectivity index (χ1n) is 5.49. The van der Waals surface area contributed by atoms with Crippen molar-refractivity contribution in [1.82, 2.24) is 15.0 Å². The van der Waals surface area contributed by atoms with Gasteiger partial charge in [-0.05, 0) is 37.1 Å². The molecule has 7 heteroatoms. The van der Waals surface area contributed by atoms with Gasteiger partial charge in [-0.1, -0.05) is 6.07 Å². The van der Waals surface area contributed by atoms with Crippen molar-refractivity contribution >= 4 is 29.0 Å². The van der Waals surface area contributed by atoms with E-state index in [9.17, 15) is 0 Å². The molecule has 2 aromatic rings. The van der Waals surface area contributed by atoms with E-state index >= 15 is 0 Å². The predicted octanol–water partition coefficient (Wildman–Crippen LogP) is 2.91. The van der Waals surface area contributed by atoms with Crippen molar-refractivity contribution in [2.75, 3.05) is 12.4 Å². The molecule has 0 radical (unpaired) electrons. The second-order valence-corrected chi connectivity index (χ2v) is 5.89. The zero-order valence-corrected chi connectivity index (χ0v) is 12.0. The number of nitrogens with zero attached hydrogens (tertiary/aromatic N) is 3. The summed E-state index contributed by atoms with van der Waals surface area (Å²) in [5, 5.41) is 5.56. The minimum atomic E-state index is 0.0386. The number of anilines is 1. The molecule has 0 bridgehead atoms. The van der Waals surface area contributed by atoms with Crippen LogP contribution in [-0.4, -0.2) is 28.1 Å². The van der Waals surface area contributed by atoms with Crippen molar-refractivity contribution in [3.8, 4) is 6.01 Å². The third kappa shape index (κ3) is 3.58. The second-order valence-electron chi connectivity index (χ2n) is 3.67. The Kier molecular flexibility index (Phi) is 4.38. The summed E-state index contributed by atoms with van der Waals surface area (Å²) < 4.78 is 6.64. The summed E-state index contributed by atoms with van der Waals surface area (Å²) in [7, 11) is 1.77. The van der Waals surface area contributed by atoms with E-state index < -0.39 is 0 Å². The van der Waals surface area contributed by atoms with Gasteiger partial charge >= 0.3 is 6.01 Å². The lowest BCUT2D eigenvalue weighted by Crippen LogP contribution is -2.10. The molecule has 0 atom stereocenters. The normalized spacial score (nSPS) is 10.7. The fourth-order valence-electron chi connectivity index (χ4n) is 1.17. The third-order valence-corrected chi connectivity index (χ3v) is 3.75. The number of aromatic nitrogens is 3. The van der Waals surface area contributed by atoms with Crippen molar-refractivity contribution in [3.05, 3.63) is 17.5 Å². The molecular formula is C11H14N4OS2. The Morgan fingerprint density at radius 2 is 2.17 bits per heavy atom. The Hall–Kier alpha value is -1.34. The smallest absolute Gasteiger partial charge is 0.322 e. The van der Waals surface area contributed by atoms with Gasteiger partial charge in [0.05, 0.1) is 10.3 Å². The number of thiophene rings is 1. The molecule has 0 spiro atoms. The maximum atomic E-state index is 5.50. The topological polar surface area (TPSA) is 59.9 Å². The van der Waals surface area contributed by atoms with Crippen LogP contribution in [0.15, 0.2) is 26.9 Å². The highest BCUT2D eigenvalue weighted by molar-refractivity contribution is 8.01. The van der Waals surface area contributed by atoms with Crippen LogP contribution in [0.25, 0.3) is 0 Å². The van der Waals surface area contributed by atoms with Gasteiger partial charge in [0.15, 0.2) is 0 Å². The summed E-state index contributed by atoms with van der Waals surface area (Å²) in [5.74, 6) is 0.514.